The molecule has 0 atom stereocenters. The number of halogens is 6. The van der Waals surface area contributed by atoms with Crippen LogP contribution in [0.15, 0.2) is 24.3 Å². The molecule has 0 bridgehead atoms. The van der Waals surface area contributed by atoms with E-state index in [1.165, 1.54) is 0 Å². The van der Waals surface area contributed by atoms with Gasteiger partial charge in [-0.1, -0.05) is 6.07 Å². The highest BCUT2D eigenvalue weighted by Crippen LogP contribution is 2.39. The van der Waals surface area contributed by atoms with Gasteiger partial charge in [0.1, 0.15) is 0 Å². The number of alkyl halides is 6. The number of benzene rings is 1. The third-order valence-electron chi connectivity index (χ3n) is 2.13. The topological polar surface area (TPSA) is 43.1 Å². The van der Waals surface area contributed by atoms with Gasteiger partial charge in [0.05, 0.1) is 11.1 Å². The molecule has 104 valence electrons. The quantitative estimate of drug-likeness (QED) is 0.657. The predicted molar refractivity (Wildman–Crippen MR) is 54.7 cm³/mol. The average molecular weight is 283 g/mol. The van der Waals surface area contributed by atoms with Gasteiger partial charge in [-0.2, -0.15) is 26.3 Å². The fraction of sp³-hybridized carbons (Fsp3) is 0.182. The Balaban J connectivity index is 3.55. The Hall–Kier alpha value is -1.99. The number of rotatable bonds is 2. The van der Waals surface area contributed by atoms with Crippen molar-refractivity contribution in [2.75, 3.05) is 0 Å². The van der Waals surface area contributed by atoms with E-state index < -0.39 is 35.0 Å². The van der Waals surface area contributed by atoms with Gasteiger partial charge in [0.25, 0.3) is 0 Å². The standard InChI is InChI=1S/C11H7F6NO/c12-10(13,14)7-2-1-3-8(11(15,16)17)6(7)4-5-9(18)19/h1-5H,(H2,18,19). The first-order chi connectivity index (χ1) is 8.53. The van der Waals surface area contributed by atoms with Crippen LogP contribution in [-0.4, -0.2) is 5.91 Å². The summed E-state index contributed by atoms with van der Waals surface area (Å²) in [4.78, 5) is 10.5. The molecule has 0 aliphatic rings. The molecule has 8 heteroatoms. The van der Waals surface area contributed by atoms with Crippen LogP contribution in [0.3, 0.4) is 0 Å². The maximum Gasteiger partial charge on any atom is 0.417 e. The van der Waals surface area contributed by atoms with E-state index in [1.54, 1.807) is 0 Å². The second kappa shape index (κ2) is 4.94. The second-order valence-corrected chi connectivity index (χ2v) is 3.50. The van der Waals surface area contributed by atoms with E-state index in [9.17, 15) is 31.1 Å². The number of amides is 1. The number of carbonyl (C=O) groups excluding carboxylic acids is 1. The third kappa shape index (κ3) is 3.73. The Morgan fingerprint density at radius 2 is 1.42 bits per heavy atom. The van der Waals surface area contributed by atoms with Gasteiger partial charge in [0.2, 0.25) is 5.91 Å². The molecule has 1 aromatic rings. The van der Waals surface area contributed by atoms with Crippen LogP contribution in [-0.2, 0) is 17.1 Å². The Kier molecular flexibility index (Phi) is 3.92. The number of nitrogens with two attached hydrogens (primary N) is 1. The van der Waals surface area contributed by atoms with Gasteiger partial charge in [0, 0.05) is 6.08 Å². The molecule has 0 unspecified atom stereocenters. The summed E-state index contributed by atoms with van der Waals surface area (Å²) >= 11 is 0. The van der Waals surface area contributed by atoms with Crippen molar-refractivity contribution in [2.24, 2.45) is 5.73 Å². The van der Waals surface area contributed by atoms with Gasteiger partial charge in [-0.05, 0) is 23.8 Å². The molecular weight excluding hydrogens is 276 g/mol. The number of primary amides is 1. The lowest BCUT2D eigenvalue weighted by molar-refractivity contribution is -0.143. The van der Waals surface area contributed by atoms with Crippen LogP contribution in [0, 0.1) is 0 Å². The molecule has 1 amide bonds. The van der Waals surface area contributed by atoms with E-state index in [4.69, 9.17) is 0 Å². The van der Waals surface area contributed by atoms with E-state index in [2.05, 4.69) is 5.73 Å². The van der Waals surface area contributed by atoms with E-state index in [1.807, 2.05) is 0 Å². The molecule has 0 saturated carbocycles. The van der Waals surface area contributed by atoms with Crippen LogP contribution in [0.25, 0.3) is 6.08 Å². The van der Waals surface area contributed by atoms with Crippen LogP contribution >= 0.6 is 0 Å². The number of hydrogen-bond donors (Lipinski definition) is 1. The summed E-state index contributed by atoms with van der Waals surface area (Å²) in [5, 5.41) is 0. The Morgan fingerprint density at radius 3 is 1.74 bits per heavy atom. The zero-order valence-corrected chi connectivity index (χ0v) is 9.14. The minimum absolute atomic E-state index is 0.411. The first-order valence-corrected chi connectivity index (χ1v) is 4.78. The minimum Gasteiger partial charge on any atom is -0.366 e. The molecule has 0 spiro atoms. The third-order valence-corrected chi connectivity index (χ3v) is 2.13. The van der Waals surface area contributed by atoms with Gasteiger partial charge >= 0.3 is 12.4 Å². The van der Waals surface area contributed by atoms with Crippen LogP contribution < -0.4 is 5.73 Å². The number of hydrogen-bond acceptors (Lipinski definition) is 1. The zero-order valence-electron chi connectivity index (χ0n) is 9.14. The Bertz CT molecular complexity index is 483. The molecule has 0 aliphatic carbocycles. The maximum absolute atomic E-state index is 12.6. The van der Waals surface area contributed by atoms with Crippen LogP contribution in [0.5, 0.6) is 0 Å². The van der Waals surface area contributed by atoms with Crippen LogP contribution in [0.2, 0.25) is 0 Å². The summed E-state index contributed by atoms with van der Waals surface area (Å²) < 4.78 is 75.7. The molecule has 0 saturated heterocycles. The molecule has 2 N–H and O–H groups in total. The van der Waals surface area contributed by atoms with E-state index in [0.29, 0.717) is 30.4 Å². The minimum atomic E-state index is -4.97. The molecule has 1 aromatic carbocycles. The van der Waals surface area contributed by atoms with Crippen molar-refractivity contribution in [1.29, 1.82) is 0 Å². The molecule has 1 rings (SSSR count). The molecule has 0 radical (unpaired) electrons. The summed E-state index contributed by atoms with van der Waals surface area (Å²) in [7, 11) is 0. The van der Waals surface area contributed by atoms with Crippen molar-refractivity contribution in [1.82, 2.24) is 0 Å². The fourth-order valence-corrected chi connectivity index (χ4v) is 1.40. The van der Waals surface area contributed by atoms with Crippen molar-refractivity contribution in [3.63, 3.8) is 0 Å². The lowest BCUT2D eigenvalue weighted by Crippen LogP contribution is -2.15. The lowest BCUT2D eigenvalue weighted by atomic mass is 9.99. The van der Waals surface area contributed by atoms with Crippen LogP contribution in [0.1, 0.15) is 16.7 Å². The Morgan fingerprint density at radius 1 is 1.00 bits per heavy atom. The smallest absolute Gasteiger partial charge is 0.366 e. The molecule has 0 aliphatic heterocycles. The second-order valence-electron chi connectivity index (χ2n) is 3.50. The van der Waals surface area contributed by atoms with Crippen molar-refractivity contribution in [2.45, 2.75) is 12.4 Å². The summed E-state index contributed by atoms with van der Waals surface area (Å²) in [5.41, 5.74) is 0.560. The molecule has 0 fully saturated rings. The molecule has 0 aromatic heterocycles. The van der Waals surface area contributed by atoms with Gasteiger partial charge in [0.15, 0.2) is 0 Å². The Labute approximate surface area is 103 Å². The molecule has 2 nitrogen and oxygen atoms in total. The monoisotopic (exact) mass is 283 g/mol. The van der Waals surface area contributed by atoms with Gasteiger partial charge in [-0.15, -0.1) is 0 Å². The molecule has 19 heavy (non-hydrogen) atoms. The number of carbonyl (C=O) groups is 1. The summed E-state index contributed by atoms with van der Waals surface area (Å²) in [5.74, 6) is -1.15. The van der Waals surface area contributed by atoms with Crippen molar-refractivity contribution in [3.05, 3.63) is 41.0 Å². The summed E-state index contributed by atoms with van der Waals surface area (Å²) in [6.07, 6.45) is -9.09. The van der Waals surface area contributed by atoms with Gasteiger partial charge < -0.3 is 5.73 Å². The zero-order chi connectivity index (χ0) is 14.8. The molecular formula is C11H7F6NO. The van der Waals surface area contributed by atoms with Crippen molar-refractivity contribution >= 4 is 12.0 Å². The summed E-state index contributed by atoms with van der Waals surface area (Å²) in [6, 6.07) is 1.64. The maximum atomic E-state index is 12.6. The van der Waals surface area contributed by atoms with E-state index in [-0.39, 0.29) is 0 Å². The van der Waals surface area contributed by atoms with Crippen molar-refractivity contribution < 1.29 is 31.1 Å². The average Bonchev–Trinajstić information content (AvgIpc) is 2.23. The first-order valence-electron chi connectivity index (χ1n) is 4.78. The highest BCUT2D eigenvalue weighted by molar-refractivity contribution is 5.90. The summed E-state index contributed by atoms with van der Waals surface area (Å²) in [6.45, 7) is 0. The van der Waals surface area contributed by atoms with E-state index in [0.717, 1.165) is 0 Å². The van der Waals surface area contributed by atoms with Crippen molar-refractivity contribution in [3.8, 4) is 0 Å². The highest BCUT2D eigenvalue weighted by atomic mass is 19.4. The van der Waals surface area contributed by atoms with Gasteiger partial charge in [-0.25, -0.2) is 0 Å². The first kappa shape index (κ1) is 15.1. The van der Waals surface area contributed by atoms with Gasteiger partial charge in [-0.3, -0.25) is 4.79 Å². The van der Waals surface area contributed by atoms with E-state index >= 15 is 0 Å². The highest BCUT2D eigenvalue weighted by Gasteiger charge is 2.39. The SMILES string of the molecule is NC(=O)C=Cc1c(C(F)(F)F)cccc1C(F)(F)F. The largest absolute Gasteiger partial charge is 0.417 e. The lowest BCUT2D eigenvalue weighted by Gasteiger charge is -2.16. The fourth-order valence-electron chi connectivity index (χ4n) is 1.40. The normalized spacial score (nSPS) is 12.9. The predicted octanol–water partition coefficient (Wildman–Crippen LogP) is 3.22. The molecule has 0 heterocycles. The van der Waals surface area contributed by atoms with Crippen LogP contribution in [0.4, 0.5) is 26.3 Å².